The summed E-state index contributed by atoms with van der Waals surface area (Å²) >= 11 is 1.65. The maximum atomic E-state index is 12.1. The first-order valence-corrected chi connectivity index (χ1v) is 9.78. The van der Waals surface area contributed by atoms with Crippen molar-refractivity contribution in [3.05, 3.63) is 42.4 Å². The largest absolute Gasteiger partial charge is 0.459 e. The van der Waals surface area contributed by atoms with Gasteiger partial charge in [-0.2, -0.15) is 0 Å². The lowest BCUT2D eigenvalue weighted by atomic mass is 10.3. The van der Waals surface area contributed by atoms with Gasteiger partial charge in [-0.05, 0) is 43.2 Å². The van der Waals surface area contributed by atoms with Crippen LogP contribution in [0.1, 0.15) is 29.8 Å². The standard InChI is InChI=1S/C19H20N4O3S/c24-17(7-8-20-18(25)15-4-3-11-26-15)21-13-5-6-14-16(12-13)27-19(22-14)23-9-1-2-10-23/h3-6,11-12H,1-2,7-10H2,(H,20,25)(H,21,24). The van der Waals surface area contributed by atoms with Crippen LogP contribution in [0.3, 0.4) is 0 Å². The summed E-state index contributed by atoms with van der Waals surface area (Å²) in [4.78, 5) is 30.9. The monoisotopic (exact) mass is 384 g/mol. The number of benzene rings is 1. The zero-order chi connectivity index (χ0) is 18.6. The highest BCUT2D eigenvalue weighted by Gasteiger charge is 2.16. The van der Waals surface area contributed by atoms with Gasteiger partial charge in [-0.25, -0.2) is 4.98 Å². The molecule has 140 valence electrons. The maximum absolute atomic E-state index is 12.1. The van der Waals surface area contributed by atoms with Gasteiger partial charge in [-0.3, -0.25) is 9.59 Å². The second-order valence-electron chi connectivity index (χ2n) is 6.40. The van der Waals surface area contributed by atoms with Crippen molar-refractivity contribution in [2.24, 2.45) is 0 Å². The summed E-state index contributed by atoms with van der Waals surface area (Å²) < 4.78 is 6.06. The molecule has 2 aromatic heterocycles. The average Bonchev–Trinajstić information content (AvgIpc) is 3.40. The molecule has 0 radical (unpaired) electrons. The van der Waals surface area contributed by atoms with E-state index in [1.54, 1.807) is 23.5 Å². The Hall–Kier alpha value is -2.87. The van der Waals surface area contributed by atoms with E-state index in [-0.39, 0.29) is 30.5 Å². The highest BCUT2D eigenvalue weighted by molar-refractivity contribution is 7.22. The van der Waals surface area contributed by atoms with E-state index in [9.17, 15) is 9.59 Å². The Kier molecular flexibility index (Phi) is 5.06. The van der Waals surface area contributed by atoms with Gasteiger partial charge in [-0.15, -0.1) is 0 Å². The predicted molar refractivity (Wildman–Crippen MR) is 105 cm³/mol. The molecule has 0 saturated carbocycles. The number of rotatable bonds is 6. The van der Waals surface area contributed by atoms with Gasteiger partial charge in [0.25, 0.3) is 5.91 Å². The van der Waals surface area contributed by atoms with Crippen molar-refractivity contribution in [1.29, 1.82) is 0 Å². The number of furan rings is 1. The van der Waals surface area contributed by atoms with Gasteiger partial charge in [0, 0.05) is 31.7 Å². The third-order valence-corrected chi connectivity index (χ3v) is 5.50. The Balaban J connectivity index is 1.32. The molecule has 3 heterocycles. The van der Waals surface area contributed by atoms with Crippen LogP contribution in [-0.4, -0.2) is 36.4 Å². The molecule has 8 heteroatoms. The minimum atomic E-state index is -0.326. The number of carbonyl (C=O) groups excluding carboxylic acids is 2. The molecule has 7 nitrogen and oxygen atoms in total. The number of anilines is 2. The van der Waals surface area contributed by atoms with E-state index >= 15 is 0 Å². The number of hydrogen-bond donors (Lipinski definition) is 2. The number of amides is 2. The third kappa shape index (κ3) is 4.11. The first-order chi connectivity index (χ1) is 13.2. The van der Waals surface area contributed by atoms with Crippen LogP contribution in [0.15, 0.2) is 41.0 Å². The van der Waals surface area contributed by atoms with Crippen LogP contribution in [-0.2, 0) is 4.79 Å². The second kappa shape index (κ2) is 7.79. The Morgan fingerprint density at radius 1 is 1.22 bits per heavy atom. The van der Waals surface area contributed by atoms with E-state index in [1.165, 1.54) is 19.1 Å². The van der Waals surface area contributed by atoms with Crippen LogP contribution in [0.5, 0.6) is 0 Å². The molecule has 2 N–H and O–H groups in total. The zero-order valence-electron chi connectivity index (χ0n) is 14.7. The van der Waals surface area contributed by atoms with Gasteiger partial charge in [0.05, 0.1) is 16.5 Å². The highest BCUT2D eigenvalue weighted by atomic mass is 32.1. The maximum Gasteiger partial charge on any atom is 0.286 e. The smallest absolute Gasteiger partial charge is 0.286 e. The normalized spacial score (nSPS) is 13.9. The summed E-state index contributed by atoms with van der Waals surface area (Å²) in [6.07, 6.45) is 4.06. The minimum absolute atomic E-state index is 0.154. The van der Waals surface area contributed by atoms with Crippen molar-refractivity contribution in [3.63, 3.8) is 0 Å². The molecule has 1 saturated heterocycles. The number of aromatic nitrogens is 1. The third-order valence-electron chi connectivity index (χ3n) is 4.42. The quantitative estimate of drug-likeness (QED) is 0.681. The average molecular weight is 384 g/mol. The number of nitrogens with zero attached hydrogens (tertiary/aromatic N) is 2. The lowest BCUT2D eigenvalue weighted by molar-refractivity contribution is -0.116. The van der Waals surface area contributed by atoms with Gasteiger partial charge in [0.1, 0.15) is 0 Å². The second-order valence-corrected chi connectivity index (χ2v) is 7.41. The van der Waals surface area contributed by atoms with E-state index in [1.807, 2.05) is 18.2 Å². The molecule has 1 aliphatic heterocycles. The summed E-state index contributed by atoms with van der Waals surface area (Å²) in [5.41, 5.74) is 1.69. The number of nitrogens with one attached hydrogen (secondary N) is 2. The van der Waals surface area contributed by atoms with Crippen LogP contribution in [0, 0.1) is 0 Å². The van der Waals surface area contributed by atoms with Crippen molar-refractivity contribution in [2.75, 3.05) is 29.9 Å². The molecular formula is C19H20N4O3S. The van der Waals surface area contributed by atoms with E-state index < -0.39 is 0 Å². The summed E-state index contributed by atoms with van der Waals surface area (Å²) in [6.45, 7) is 2.37. The number of fused-ring (bicyclic) bond motifs is 1. The molecule has 0 aliphatic carbocycles. The lowest BCUT2D eigenvalue weighted by Gasteiger charge is -2.11. The van der Waals surface area contributed by atoms with Gasteiger partial charge in [0.15, 0.2) is 10.9 Å². The van der Waals surface area contributed by atoms with Gasteiger partial charge < -0.3 is 20.0 Å². The van der Waals surface area contributed by atoms with Gasteiger partial charge >= 0.3 is 0 Å². The van der Waals surface area contributed by atoms with E-state index in [4.69, 9.17) is 4.42 Å². The summed E-state index contributed by atoms with van der Waals surface area (Å²) in [7, 11) is 0. The van der Waals surface area contributed by atoms with Crippen LogP contribution in [0.4, 0.5) is 10.8 Å². The predicted octanol–water partition coefficient (Wildman–Crippen LogP) is 3.25. The van der Waals surface area contributed by atoms with Crippen molar-refractivity contribution in [3.8, 4) is 0 Å². The first kappa shape index (κ1) is 17.5. The summed E-state index contributed by atoms with van der Waals surface area (Å²) in [5, 5.41) is 6.58. The van der Waals surface area contributed by atoms with Crippen molar-refractivity contribution >= 4 is 44.2 Å². The Bertz CT molecular complexity index is 945. The first-order valence-electron chi connectivity index (χ1n) is 8.96. The van der Waals surface area contributed by atoms with Gasteiger partial charge in [-0.1, -0.05) is 11.3 Å². The Labute approximate surface area is 160 Å². The van der Waals surface area contributed by atoms with Crippen LogP contribution in [0.2, 0.25) is 0 Å². The molecule has 1 aliphatic rings. The summed E-state index contributed by atoms with van der Waals surface area (Å²) in [6, 6.07) is 8.96. The Morgan fingerprint density at radius 3 is 2.85 bits per heavy atom. The van der Waals surface area contributed by atoms with Crippen LogP contribution in [0.25, 0.3) is 10.2 Å². The van der Waals surface area contributed by atoms with E-state index in [2.05, 4.69) is 20.5 Å². The molecule has 27 heavy (non-hydrogen) atoms. The fourth-order valence-electron chi connectivity index (χ4n) is 3.04. The van der Waals surface area contributed by atoms with Crippen molar-refractivity contribution in [2.45, 2.75) is 19.3 Å². The van der Waals surface area contributed by atoms with Crippen LogP contribution >= 0.6 is 11.3 Å². The molecule has 0 atom stereocenters. The molecule has 1 aromatic carbocycles. The number of carbonyl (C=O) groups is 2. The Morgan fingerprint density at radius 2 is 2.07 bits per heavy atom. The summed E-state index contributed by atoms with van der Waals surface area (Å²) in [5.74, 6) is -0.244. The lowest BCUT2D eigenvalue weighted by Crippen LogP contribution is -2.27. The number of hydrogen-bond acceptors (Lipinski definition) is 6. The molecule has 3 aromatic rings. The van der Waals surface area contributed by atoms with E-state index in [0.29, 0.717) is 0 Å². The van der Waals surface area contributed by atoms with Crippen molar-refractivity contribution < 1.29 is 14.0 Å². The number of thiazole rings is 1. The minimum Gasteiger partial charge on any atom is -0.459 e. The fourth-order valence-corrected chi connectivity index (χ4v) is 4.10. The zero-order valence-corrected chi connectivity index (χ0v) is 15.6. The SMILES string of the molecule is O=C(CCNC(=O)c1ccco1)Nc1ccc2nc(N3CCCC3)sc2c1. The molecule has 4 rings (SSSR count). The highest BCUT2D eigenvalue weighted by Crippen LogP contribution is 2.32. The molecular weight excluding hydrogens is 364 g/mol. The molecule has 0 spiro atoms. The molecule has 1 fully saturated rings. The molecule has 0 unspecified atom stereocenters. The van der Waals surface area contributed by atoms with Gasteiger partial charge in [0.2, 0.25) is 5.91 Å². The fraction of sp³-hybridized carbons (Fsp3) is 0.316. The van der Waals surface area contributed by atoms with Crippen LogP contribution < -0.4 is 15.5 Å². The topological polar surface area (TPSA) is 87.5 Å². The molecule has 2 amide bonds. The van der Waals surface area contributed by atoms with Crippen molar-refractivity contribution in [1.82, 2.24) is 10.3 Å². The van der Waals surface area contributed by atoms with E-state index in [0.717, 1.165) is 34.1 Å². The molecule has 0 bridgehead atoms.